The van der Waals surface area contributed by atoms with E-state index < -0.39 is 6.10 Å². The average Bonchev–Trinajstić information content (AvgIpc) is 3.37. The molecule has 0 aromatic heterocycles. The Morgan fingerprint density at radius 2 is 0.577 bits per heavy atom. The number of esters is 3. The van der Waals surface area contributed by atoms with E-state index in [1.165, 1.54) is 70.6 Å². The Bertz CT molecular complexity index is 1460. The van der Waals surface area contributed by atoms with Crippen LogP contribution in [-0.4, -0.2) is 37.2 Å². The third-order valence-electron chi connectivity index (χ3n) is 12.2. The van der Waals surface area contributed by atoms with Crippen LogP contribution in [0.4, 0.5) is 0 Å². The van der Waals surface area contributed by atoms with Crippen molar-refractivity contribution < 1.29 is 28.6 Å². The first-order chi connectivity index (χ1) is 35.0. The molecule has 1 atom stereocenters. The van der Waals surface area contributed by atoms with E-state index in [0.717, 1.165) is 154 Å². The maximum atomic E-state index is 12.8. The Morgan fingerprint density at radius 1 is 0.296 bits per heavy atom. The van der Waals surface area contributed by atoms with Gasteiger partial charge >= 0.3 is 17.9 Å². The molecule has 6 nitrogen and oxygen atoms in total. The molecule has 0 amide bonds. The molecule has 0 radical (unpaired) electrons. The van der Waals surface area contributed by atoms with Gasteiger partial charge < -0.3 is 14.2 Å². The number of rotatable bonds is 52. The number of hydrogen-bond donors (Lipinski definition) is 0. The standard InChI is InChI=1S/C65H108O6/c1-4-7-10-13-16-19-22-25-26-27-28-29-30-31-32-33-34-35-36-37-38-41-43-46-49-52-55-58-64(67)70-61-62(71-65(68)59-56-53-50-47-44-40-24-21-18-15-12-9-6-3)60-69-63(66)57-54-51-48-45-42-39-23-20-17-14-11-8-5-2/h7,10,12,15-16,19,21,24-26,28-29,31-32,34-35,37-38,62H,4-6,8-9,11,13-14,17-18,20,22-23,27,30,33,36,39-61H2,1-3H3/b10-7-,15-12-,19-16-,24-21-,26-25-,29-28-,32-31-,35-34-,38-37-. The van der Waals surface area contributed by atoms with Crippen LogP contribution in [0.1, 0.15) is 265 Å². The van der Waals surface area contributed by atoms with Crippen molar-refractivity contribution >= 4 is 17.9 Å². The molecular weight excluding hydrogens is 877 g/mol. The van der Waals surface area contributed by atoms with Crippen molar-refractivity contribution in [1.29, 1.82) is 0 Å². The molecule has 0 fully saturated rings. The molecule has 0 aliphatic rings. The summed E-state index contributed by atoms with van der Waals surface area (Å²) < 4.78 is 16.8. The van der Waals surface area contributed by atoms with Crippen molar-refractivity contribution in [2.75, 3.05) is 13.2 Å². The lowest BCUT2D eigenvalue weighted by atomic mass is 10.0. The van der Waals surface area contributed by atoms with Crippen molar-refractivity contribution in [3.63, 3.8) is 0 Å². The van der Waals surface area contributed by atoms with E-state index in [1.807, 2.05) is 0 Å². The van der Waals surface area contributed by atoms with E-state index in [-0.39, 0.29) is 31.1 Å². The van der Waals surface area contributed by atoms with Crippen LogP contribution >= 0.6 is 0 Å². The Morgan fingerprint density at radius 3 is 0.915 bits per heavy atom. The van der Waals surface area contributed by atoms with Crippen LogP contribution in [-0.2, 0) is 28.6 Å². The molecule has 71 heavy (non-hydrogen) atoms. The first kappa shape index (κ1) is 67.1. The summed E-state index contributed by atoms with van der Waals surface area (Å²) in [6.07, 6.45) is 79.4. The number of ether oxygens (including phenoxy) is 3. The summed E-state index contributed by atoms with van der Waals surface area (Å²) in [6, 6.07) is 0. The van der Waals surface area contributed by atoms with E-state index in [0.29, 0.717) is 19.3 Å². The van der Waals surface area contributed by atoms with E-state index in [2.05, 4.69) is 130 Å². The highest BCUT2D eigenvalue weighted by atomic mass is 16.6. The van der Waals surface area contributed by atoms with Gasteiger partial charge in [-0.15, -0.1) is 0 Å². The molecule has 0 N–H and O–H groups in total. The van der Waals surface area contributed by atoms with Crippen LogP contribution in [0.15, 0.2) is 109 Å². The molecule has 0 saturated carbocycles. The second-order valence-electron chi connectivity index (χ2n) is 19.2. The highest BCUT2D eigenvalue weighted by Crippen LogP contribution is 2.15. The van der Waals surface area contributed by atoms with Gasteiger partial charge in [0.05, 0.1) is 0 Å². The van der Waals surface area contributed by atoms with Gasteiger partial charge in [-0.05, 0) is 103 Å². The molecule has 6 heteroatoms. The molecule has 0 bridgehead atoms. The highest BCUT2D eigenvalue weighted by Gasteiger charge is 2.19. The van der Waals surface area contributed by atoms with Crippen molar-refractivity contribution in [1.82, 2.24) is 0 Å². The SMILES string of the molecule is CC/C=C\C/C=C\C/C=C\C/C=C\C/C=C\C/C=C\C/C=C\CCCCCCCC(=O)OCC(COC(=O)CCCCCCCCCCCCCCC)OC(=O)CCCCCCC/C=C\C/C=C\CCC. The zero-order chi connectivity index (χ0) is 51.4. The summed E-state index contributed by atoms with van der Waals surface area (Å²) in [6.45, 7) is 6.44. The summed E-state index contributed by atoms with van der Waals surface area (Å²) in [5.41, 5.74) is 0. The zero-order valence-electron chi connectivity index (χ0n) is 46.2. The molecule has 0 aromatic rings. The van der Waals surface area contributed by atoms with E-state index in [4.69, 9.17) is 14.2 Å². The normalized spacial score (nSPS) is 12.9. The second kappa shape index (κ2) is 58.6. The summed E-state index contributed by atoms with van der Waals surface area (Å²) in [5.74, 6) is -0.922. The predicted molar refractivity (Wildman–Crippen MR) is 307 cm³/mol. The van der Waals surface area contributed by atoms with Crippen LogP contribution < -0.4 is 0 Å². The van der Waals surface area contributed by atoms with Crippen molar-refractivity contribution in [3.05, 3.63) is 109 Å². The number of allylic oxidation sites excluding steroid dienone is 18. The van der Waals surface area contributed by atoms with Gasteiger partial charge in [-0.3, -0.25) is 14.4 Å². The van der Waals surface area contributed by atoms with Gasteiger partial charge in [0.15, 0.2) is 6.10 Å². The number of hydrogen-bond acceptors (Lipinski definition) is 6. The molecule has 0 aliphatic heterocycles. The van der Waals surface area contributed by atoms with Crippen LogP contribution in [0.5, 0.6) is 0 Å². The average molecular weight is 986 g/mol. The molecule has 0 aromatic carbocycles. The van der Waals surface area contributed by atoms with Crippen LogP contribution in [0.2, 0.25) is 0 Å². The molecule has 0 rings (SSSR count). The fraction of sp³-hybridized carbons (Fsp3) is 0.677. The minimum atomic E-state index is -0.793. The zero-order valence-corrected chi connectivity index (χ0v) is 46.2. The summed E-state index contributed by atoms with van der Waals surface area (Å²) in [7, 11) is 0. The Labute approximate surface area is 438 Å². The molecule has 0 aliphatic carbocycles. The quantitative estimate of drug-likeness (QED) is 0.0261. The predicted octanol–water partition coefficient (Wildman–Crippen LogP) is 19.9. The Kier molecular flexibility index (Phi) is 55.4. The summed E-state index contributed by atoms with van der Waals surface area (Å²) in [5, 5.41) is 0. The maximum absolute atomic E-state index is 12.8. The van der Waals surface area contributed by atoms with E-state index >= 15 is 0 Å². The molecule has 404 valence electrons. The fourth-order valence-corrected chi connectivity index (χ4v) is 7.87. The minimum Gasteiger partial charge on any atom is -0.462 e. The lowest BCUT2D eigenvalue weighted by Crippen LogP contribution is -2.30. The van der Waals surface area contributed by atoms with Gasteiger partial charge in [0.1, 0.15) is 13.2 Å². The molecular formula is C65H108O6. The number of unbranched alkanes of at least 4 members (excludes halogenated alkanes) is 23. The Hall–Kier alpha value is -3.93. The molecule has 0 saturated heterocycles. The van der Waals surface area contributed by atoms with Gasteiger partial charge in [0.2, 0.25) is 0 Å². The topological polar surface area (TPSA) is 78.9 Å². The molecule has 0 spiro atoms. The summed E-state index contributed by atoms with van der Waals surface area (Å²) >= 11 is 0. The summed E-state index contributed by atoms with van der Waals surface area (Å²) in [4.78, 5) is 38.1. The van der Waals surface area contributed by atoms with E-state index in [1.54, 1.807) is 0 Å². The lowest BCUT2D eigenvalue weighted by molar-refractivity contribution is -0.167. The van der Waals surface area contributed by atoms with Gasteiger partial charge in [-0.2, -0.15) is 0 Å². The van der Waals surface area contributed by atoms with Crippen molar-refractivity contribution in [2.24, 2.45) is 0 Å². The first-order valence-corrected chi connectivity index (χ1v) is 29.4. The largest absolute Gasteiger partial charge is 0.462 e. The highest BCUT2D eigenvalue weighted by molar-refractivity contribution is 5.71. The van der Waals surface area contributed by atoms with Gasteiger partial charge in [0.25, 0.3) is 0 Å². The fourth-order valence-electron chi connectivity index (χ4n) is 7.87. The van der Waals surface area contributed by atoms with Gasteiger partial charge in [0, 0.05) is 19.3 Å². The smallest absolute Gasteiger partial charge is 0.306 e. The number of carbonyl (C=O) groups excluding carboxylic acids is 3. The van der Waals surface area contributed by atoms with E-state index in [9.17, 15) is 14.4 Å². The van der Waals surface area contributed by atoms with Crippen LogP contribution in [0.25, 0.3) is 0 Å². The Balaban J connectivity index is 4.35. The third kappa shape index (κ3) is 56.9. The first-order valence-electron chi connectivity index (χ1n) is 29.4. The second-order valence-corrected chi connectivity index (χ2v) is 19.2. The van der Waals surface area contributed by atoms with Gasteiger partial charge in [-0.1, -0.05) is 252 Å². The third-order valence-corrected chi connectivity index (χ3v) is 12.2. The number of carbonyl (C=O) groups is 3. The van der Waals surface area contributed by atoms with Crippen LogP contribution in [0, 0.1) is 0 Å². The maximum Gasteiger partial charge on any atom is 0.306 e. The van der Waals surface area contributed by atoms with Crippen molar-refractivity contribution in [3.8, 4) is 0 Å². The lowest BCUT2D eigenvalue weighted by Gasteiger charge is -2.18. The molecule has 1 unspecified atom stereocenters. The monoisotopic (exact) mass is 985 g/mol. The minimum absolute atomic E-state index is 0.0892. The van der Waals surface area contributed by atoms with Crippen LogP contribution in [0.3, 0.4) is 0 Å². The molecule has 0 heterocycles. The van der Waals surface area contributed by atoms with Gasteiger partial charge in [-0.25, -0.2) is 0 Å². The van der Waals surface area contributed by atoms with Crippen molar-refractivity contribution in [2.45, 2.75) is 271 Å².